The normalized spacial score (nSPS) is 14.6. The van der Waals surface area contributed by atoms with E-state index in [1.165, 1.54) is 10.5 Å². The Morgan fingerprint density at radius 2 is 1.96 bits per heavy atom. The smallest absolute Gasteiger partial charge is 0.259 e. The van der Waals surface area contributed by atoms with Crippen LogP contribution in [-0.2, 0) is 11.3 Å². The summed E-state index contributed by atoms with van der Waals surface area (Å²) in [7, 11) is 1.63. The van der Waals surface area contributed by atoms with Gasteiger partial charge in [-0.05, 0) is 29.8 Å². The van der Waals surface area contributed by atoms with Crippen LogP contribution in [0.1, 0.15) is 5.56 Å². The Bertz CT molecular complexity index is 1050. The van der Waals surface area contributed by atoms with Crippen LogP contribution in [0.25, 0.3) is 5.65 Å². The summed E-state index contributed by atoms with van der Waals surface area (Å²) >= 11 is 0. The van der Waals surface area contributed by atoms with Gasteiger partial charge in [0.05, 0.1) is 13.7 Å². The first-order chi connectivity index (χ1) is 13.1. The number of nitrogens with zero attached hydrogens (tertiary/aromatic N) is 4. The van der Waals surface area contributed by atoms with E-state index in [2.05, 4.69) is 4.98 Å². The fraction of sp³-hybridized carbons (Fsp3) is 0.250. The molecule has 1 saturated heterocycles. The van der Waals surface area contributed by atoms with Gasteiger partial charge in [-0.2, -0.15) is 0 Å². The summed E-state index contributed by atoms with van der Waals surface area (Å²) in [5, 5.41) is 0. The lowest BCUT2D eigenvalue weighted by molar-refractivity contribution is -0.131. The Hall–Kier alpha value is -3.35. The Balaban J connectivity index is 1.50. The predicted octanol–water partition coefficient (Wildman–Crippen LogP) is 1.55. The number of piperazine rings is 1. The third-order valence-electron chi connectivity index (χ3n) is 4.71. The minimum atomic E-state index is -0.151. The lowest BCUT2D eigenvalue weighted by atomic mass is 10.2. The quantitative estimate of drug-likeness (QED) is 0.703. The predicted molar refractivity (Wildman–Crippen MR) is 102 cm³/mol. The van der Waals surface area contributed by atoms with E-state index < -0.39 is 0 Å². The number of carbonyl (C=O) groups is 1. The fourth-order valence-electron chi connectivity index (χ4n) is 3.27. The number of benzene rings is 1. The van der Waals surface area contributed by atoms with E-state index in [1.54, 1.807) is 25.4 Å². The van der Waals surface area contributed by atoms with Crippen molar-refractivity contribution in [3.05, 3.63) is 70.6 Å². The molecule has 0 N–H and O–H groups in total. The van der Waals surface area contributed by atoms with Gasteiger partial charge < -0.3 is 14.5 Å². The second kappa shape index (κ2) is 7.11. The molecule has 0 radical (unpaired) electrons. The van der Waals surface area contributed by atoms with Crippen molar-refractivity contribution in [1.82, 2.24) is 14.3 Å². The first kappa shape index (κ1) is 17.1. The molecule has 0 saturated carbocycles. The van der Waals surface area contributed by atoms with Gasteiger partial charge in [0.25, 0.3) is 5.56 Å². The number of methoxy groups -OCH3 is 1. The van der Waals surface area contributed by atoms with Gasteiger partial charge in [-0.3, -0.25) is 14.0 Å². The second-order valence-corrected chi connectivity index (χ2v) is 6.47. The minimum Gasteiger partial charge on any atom is -0.497 e. The van der Waals surface area contributed by atoms with Crippen LogP contribution in [0.2, 0.25) is 0 Å². The van der Waals surface area contributed by atoms with Gasteiger partial charge in [0.1, 0.15) is 17.2 Å². The number of carbonyl (C=O) groups excluding carboxylic acids is 1. The van der Waals surface area contributed by atoms with Crippen molar-refractivity contribution in [2.75, 3.05) is 31.6 Å². The average molecular weight is 364 g/mol. The molecule has 7 nitrogen and oxygen atoms in total. The highest BCUT2D eigenvalue weighted by Crippen LogP contribution is 2.18. The van der Waals surface area contributed by atoms with Gasteiger partial charge >= 0.3 is 0 Å². The first-order valence-electron chi connectivity index (χ1n) is 8.78. The van der Waals surface area contributed by atoms with Crippen LogP contribution >= 0.6 is 0 Å². The number of amides is 1. The van der Waals surface area contributed by atoms with Gasteiger partial charge in [0, 0.05) is 31.9 Å². The molecular weight excluding hydrogens is 344 g/mol. The van der Waals surface area contributed by atoms with Crippen LogP contribution in [-0.4, -0.2) is 46.9 Å². The zero-order chi connectivity index (χ0) is 18.8. The largest absolute Gasteiger partial charge is 0.497 e. The minimum absolute atomic E-state index is 0.0131. The summed E-state index contributed by atoms with van der Waals surface area (Å²) < 4.78 is 6.73. The number of rotatable bonds is 4. The van der Waals surface area contributed by atoms with Gasteiger partial charge in [0.2, 0.25) is 5.91 Å². The van der Waals surface area contributed by atoms with E-state index in [1.807, 2.05) is 40.1 Å². The maximum atomic E-state index is 12.6. The van der Waals surface area contributed by atoms with Crippen LogP contribution in [0.5, 0.6) is 5.75 Å². The summed E-state index contributed by atoms with van der Waals surface area (Å²) in [4.78, 5) is 33.1. The third-order valence-corrected chi connectivity index (χ3v) is 4.71. The van der Waals surface area contributed by atoms with Crippen LogP contribution in [0, 0.1) is 0 Å². The van der Waals surface area contributed by atoms with Crippen LogP contribution in [0.15, 0.2) is 59.5 Å². The van der Waals surface area contributed by atoms with E-state index in [4.69, 9.17) is 4.74 Å². The highest BCUT2D eigenvalue weighted by Gasteiger charge is 2.25. The zero-order valence-corrected chi connectivity index (χ0v) is 15.0. The molecule has 3 aromatic rings. The lowest BCUT2D eigenvalue weighted by Crippen LogP contribution is -2.50. The fourth-order valence-corrected chi connectivity index (χ4v) is 3.27. The van der Waals surface area contributed by atoms with E-state index in [0.29, 0.717) is 31.1 Å². The number of pyridine rings is 1. The van der Waals surface area contributed by atoms with Crippen molar-refractivity contribution >= 4 is 17.4 Å². The third kappa shape index (κ3) is 3.48. The molecule has 0 unspecified atom stereocenters. The molecular formula is C20H20N4O3. The molecule has 1 aromatic carbocycles. The number of hydrogen-bond donors (Lipinski definition) is 0. The second-order valence-electron chi connectivity index (χ2n) is 6.47. The SMILES string of the molecule is COc1cccc(CN2CCN(c3cc(=O)n4ccccc4n3)CC2=O)c1. The standard InChI is InChI=1S/C20H20N4O3/c1-27-16-6-4-5-15(11-16)13-23-10-9-22(14-20(23)26)18-12-19(25)24-8-3-2-7-17(24)21-18/h2-8,11-12H,9-10,13-14H2,1H3. The Morgan fingerprint density at radius 3 is 2.78 bits per heavy atom. The molecule has 7 heteroatoms. The molecule has 0 aliphatic carbocycles. The number of anilines is 1. The molecule has 1 aliphatic rings. The molecule has 2 aromatic heterocycles. The molecule has 3 heterocycles. The molecule has 0 bridgehead atoms. The molecule has 0 atom stereocenters. The van der Waals surface area contributed by atoms with Crippen molar-refractivity contribution < 1.29 is 9.53 Å². The van der Waals surface area contributed by atoms with E-state index in [-0.39, 0.29) is 18.0 Å². The summed E-state index contributed by atoms with van der Waals surface area (Å²) in [5.41, 5.74) is 1.45. The lowest BCUT2D eigenvalue weighted by Gasteiger charge is -2.35. The van der Waals surface area contributed by atoms with E-state index in [0.717, 1.165) is 11.3 Å². The highest BCUT2D eigenvalue weighted by atomic mass is 16.5. The van der Waals surface area contributed by atoms with Crippen LogP contribution < -0.4 is 15.2 Å². The molecule has 27 heavy (non-hydrogen) atoms. The van der Waals surface area contributed by atoms with Gasteiger partial charge in [0.15, 0.2) is 0 Å². The van der Waals surface area contributed by atoms with Gasteiger partial charge in [-0.25, -0.2) is 4.98 Å². The van der Waals surface area contributed by atoms with Crippen molar-refractivity contribution in [3.8, 4) is 5.75 Å². The number of hydrogen-bond acceptors (Lipinski definition) is 5. The van der Waals surface area contributed by atoms with E-state index in [9.17, 15) is 9.59 Å². The van der Waals surface area contributed by atoms with Gasteiger partial charge in [-0.1, -0.05) is 18.2 Å². The summed E-state index contributed by atoms with van der Waals surface area (Å²) in [6.07, 6.45) is 1.69. The maximum absolute atomic E-state index is 12.6. The summed E-state index contributed by atoms with van der Waals surface area (Å²) in [5.74, 6) is 1.33. The zero-order valence-electron chi connectivity index (χ0n) is 15.0. The van der Waals surface area contributed by atoms with Crippen molar-refractivity contribution in [3.63, 3.8) is 0 Å². The average Bonchev–Trinajstić information content (AvgIpc) is 2.69. The number of fused-ring (bicyclic) bond motifs is 1. The first-order valence-corrected chi connectivity index (χ1v) is 8.78. The maximum Gasteiger partial charge on any atom is 0.259 e. The van der Waals surface area contributed by atoms with Crippen LogP contribution in [0.4, 0.5) is 5.82 Å². The number of aromatic nitrogens is 2. The number of ether oxygens (including phenoxy) is 1. The molecule has 0 spiro atoms. The van der Waals surface area contributed by atoms with Crippen molar-refractivity contribution in [2.45, 2.75) is 6.54 Å². The molecule has 1 aliphatic heterocycles. The Labute approximate surface area is 156 Å². The van der Waals surface area contributed by atoms with Crippen molar-refractivity contribution in [2.24, 2.45) is 0 Å². The highest BCUT2D eigenvalue weighted by molar-refractivity contribution is 5.82. The van der Waals surface area contributed by atoms with E-state index >= 15 is 0 Å². The molecule has 1 amide bonds. The van der Waals surface area contributed by atoms with Gasteiger partial charge in [-0.15, -0.1) is 0 Å². The monoisotopic (exact) mass is 364 g/mol. The molecule has 138 valence electrons. The Morgan fingerprint density at radius 1 is 1.07 bits per heavy atom. The van der Waals surface area contributed by atoms with Crippen molar-refractivity contribution in [1.29, 1.82) is 0 Å². The topological polar surface area (TPSA) is 67.2 Å². The van der Waals surface area contributed by atoms with Crippen LogP contribution in [0.3, 0.4) is 0 Å². The summed E-state index contributed by atoms with van der Waals surface area (Å²) in [6.45, 7) is 1.95. The Kier molecular flexibility index (Phi) is 4.50. The molecule has 1 fully saturated rings. The summed E-state index contributed by atoms with van der Waals surface area (Å²) in [6, 6.07) is 14.6. The molecule has 4 rings (SSSR count).